The van der Waals surface area contributed by atoms with Gasteiger partial charge in [-0.3, -0.25) is 14.4 Å². The second-order valence-electron chi connectivity index (χ2n) is 18.8. The van der Waals surface area contributed by atoms with Crippen LogP contribution >= 0.6 is 0 Å². The van der Waals surface area contributed by atoms with Gasteiger partial charge in [-0.15, -0.1) is 0 Å². The Balaban J connectivity index is 4.28. The van der Waals surface area contributed by atoms with Gasteiger partial charge in [-0.1, -0.05) is 241 Å². The predicted octanol–water partition coefficient (Wildman–Crippen LogP) is 19.2. The summed E-state index contributed by atoms with van der Waals surface area (Å²) in [6, 6.07) is 0. The lowest BCUT2D eigenvalue weighted by molar-refractivity contribution is -0.167. The summed E-state index contributed by atoms with van der Waals surface area (Å²) in [5.74, 6) is -0.924. The topological polar surface area (TPSA) is 78.9 Å². The lowest BCUT2D eigenvalue weighted by Gasteiger charge is -2.18. The average Bonchev–Trinajstić information content (AvgIpc) is 3.34. The molecule has 1 unspecified atom stereocenters. The molecule has 0 bridgehead atoms. The van der Waals surface area contributed by atoms with E-state index in [0.29, 0.717) is 12.8 Å². The van der Waals surface area contributed by atoms with E-state index in [1.807, 2.05) is 0 Å². The summed E-state index contributed by atoms with van der Waals surface area (Å²) >= 11 is 0. The molecule has 0 aromatic rings. The van der Waals surface area contributed by atoms with Crippen molar-refractivity contribution in [3.63, 3.8) is 0 Å². The van der Waals surface area contributed by atoms with E-state index >= 15 is 0 Å². The monoisotopic (exact) mass is 947 g/mol. The summed E-state index contributed by atoms with van der Waals surface area (Å²) < 4.78 is 16.8. The van der Waals surface area contributed by atoms with Crippen molar-refractivity contribution >= 4 is 17.9 Å². The first kappa shape index (κ1) is 64.6. The Morgan fingerprint density at radius 1 is 0.309 bits per heavy atom. The van der Waals surface area contributed by atoms with E-state index in [0.717, 1.165) is 103 Å². The molecule has 0 rings (SSSR count). The average molecular weight is 948 g/mol. The van der Waals surface area contributed by atoms with E-state index in [4.69, 9.17) is 14.2 Å². The molecular formula is C62H106O6. The van der Waals surface area contributed by atoms with E-state index in [9.17, 15) is 14.4 Å². The van der Waals surface area contributed by atoms with Crippen LogP contribution < -0.4 is 0 Å². The van der Waals surface area contributed by atoms with Gasteiger partial charge < -0.3 is 14.2 Å². The van der Waals surface area contributed by atoms with Crippen LogP contribution in [0, 0.1) is 0 Å². The minimum atomic E-state index is -0.792. The number of hydrogen-bond donors (Lipinski definition) is 0. The maximum Gasteiger partial charge on any atom is 0.306 e. The van der Waals surface area contributed by atoms with Crippen LogP contribution in [0.2, 0.25) is 0 Å². The second-order valence-corrected chi connectivity index (χ2v) is 18.8. The molecule has 0 aliphatic carbocycles. The lowest BCUT2D eigenvalue weighted by Crippen LogP contribution is -2.30. The molecule has 68 heavy (non-hydrogen) atoms. The van der Waals surface area contributed by atoms with Gasteiger partial charge in [0, 0.05) is 19.3 Å². The molecule has 6 nitrogen and oxygen atoms in total. The number of rotatable bonds is 51. The molecule has 0 heterocycles. The van der Waals surface area contributed by atoms with Crippen LogP contribution in [0.4, 0.5) is 0 Å². The Kier molecular flexibility index (Phi) is 53.4. The van der Waals surface area contributed by atoms with Gasteiger partial charge in [-0.25, -0.2) is 0 Å². The van der Waals surface area contributed by atoms with Gasteiger partial charge in [0.25, 0.3) is 0 Å². The SMILES string of the molecule is CC/C=C\C/C=C\C/C=C\C/C=C\C/C=C\CCCCCC(=O)OC(COC(=O)CCCCCCCCCC)COC(=O)CCCCCCCCCCCCC/C=C\C/C=C\CCCCCCC. The molecule has 0 saturated heterocycles. The van der Waals surface area contributed by atoms with Crippen molar-refractivity contribution in [2.75, 3.05) is 13.2 Å². The quantitative estimate of drug-likeness (QED) is 0.0262. The Labute approximate surface area is 420 Å². The minimum Gasteiger partial charge on any atom is -0.462 e. The van der Waals surface area contributed by atoms with Crippen molar-refractivity contribution in [2.45, 2.75) is 277 Å². The van der Waals surface area contributed by atoms with Crippen LogP contribution in [-0.2, 0) is 28.6 Å². The largest absolute Gasteiger partial charge is 0.462 e. The van der Waals surface area contributed by atoms with E-state index in [1.54, 1.807) is 0 Å². The fourth-order valence-corrected chi connectivity index (χ4v) is 7.85. The maximum atomic E-state index is 12.8. The third-order valence-electron chi connectivity index (χ3n) is 12.1. The molecule has 0 aliphatic rings. The Morgan fingerprint density at radius 2 is 0.574 bits per heavy atom. The van der Waals surface area contributed by atoms with Crippen LogP contribution in [-0.4, -0.2) is 37.2 Å². The summed E-state index contributed by atoms with van der Waals surface area (Å²) in [7, 11) is 0. The molecule has 0 saturated carbocycles. The van der Waals surface area contributed by atoms with Crippen molar-refractivity contribution < 1.29 is 28.6 Å². The first-order valence-corrected chi connectivity index (χ1v) is 28.6. The Morgan fingerprint density at radius 3 is 0.912 bits per heavy atom. The van der Waals surface area contributed by atoms with Crippen LogP contribution in [0.15, 0.2) is 85.1 Å². The van der Waals surface area contributed by atoms with Crippen molar-refractivity contribution in [1.82, 2.24) is 0 Å². The lowest BCUT2D eigenvalue weighted by atomic mass is 10.0. The summed E-state index contributed by atoms with van der Waals surface area (Å²) in [5.41, 5.74) is 0. The number of unbranched alkanes of at least 4 members (excludes halogenated alkanes) is 26. The third kappa shape index (κ3) is 53.5. The zero-order valence-corrected chi connectivity index (χ0v) is 44.6. The van der Waals surface area contributed by atoms with Gasteiger partial charge in [-0.05, 0) is 96.3 Å². The van der Waals surface area contributed by atoms with Gasteiger partial charge >= 0.3 is 17.9 Å². The molecule has 0 radical (unpaired) electrons. The van der Waals surface area contributed by atoms with Gasteiger partial charge in [-0.2, -0.15) is 0 Å². The number of ether oxygens (including phenoxy) is 3. The number of allylic oxidation sites excluding steroid dienone is 14. The molecule has 390 valence electrons. The Bertz CT molecular complexity index is 1320. The van der Waals surface area contributed by atoms with Crippen molar-refractivity contribution in [2.24, 2.45) is 0 Å². The van der Waals surface area contributed by atoms with Crippen LogP contribution in [0.5, 0.6) is 0 Å². The van der Waals surface area contributed by atoms with Crippen molar-refractivity contribution in [1.29, 1.82) is 0 Å². The van der Waals surface area contributed by atoms with Crippen LogP contribution in [0.1, 0.15) is 271 Å². The van der Waals surface area contributed by atoms with Gasteiger partial charge in [0.05, 0.1) is 0 Å². The number of carbonyl (C=O) groups excluding carboxylic acids is 3. The van der Waals surface area contributed by atoms with E-state index in [2.05, 4.69) is 106 Å². The second kappa shape index (κ2) is 56.2. The summed E-state index contributed by atoms with van der Waals surface area (Å²) in [6.45, 7) is 6.47. The maximum absolute atomic E-state index is 12.8. The first-order valence-electron chi connectivity index (χ1n) is 28.6. The molecule has 0 spiro atoms. The fourth-order valence-electron chi connectivity index (χ4n) is 7.85. The summed E-state index contributed by atoms with van der Waals surface area (Å²) in [6.07, 6.45) is 73.0. The Hall–Kier alpha value is -3.41. The molecule has 0 N–H and O–H groups in total. The third-order valence-corrected chi connectivity index (χ3v) is 12.1. The summed E-state index contributed by atoms with van der Waals surface area (Å²) in [4.78, 5) is 38.0. The highest BCUT2D eigenvalue weighted by Gasteiger charge is 2.19. The number of esters is 3. The predicted molar refractivity (Wildman–Crippen MR) is 293 cm³/mol. The van der Waals surface area contributed by atoms with Gasteiger partial charge in [0.2, 0.25) is 0 Å². The summed E-state index contributed by atoms with van der Waals surface area (Å²) in [5, 5.41) is 0. The highest BCUT2D eigenvalue weighted by molar-refractivity contribution is 5.71. The normalized spacial score (nSPS) is 12.7. The van der Waals surface area contributed by atoms with E-state index in [1.165, 1.54) is 128 Å². The van der Waals surface area contributed by atoms with Crippen molar-refractivity contribution in [3.8, 4) is 0 Å². The van der Waals surface area contributed by atoms with E-state index in [-0.39, 0.29) is 37.5 Å². The molecule has 1 atom stereocenters. The molecule has 0 aliphatic heterocycles. The molecule has 6 heteroatoms. The standard InChI is InChI=1S/C62H106O6/c1-4-7-10-13-16-19-21-23-25-27-29-30-31-32-34-35-37-39-41-43-46-49-52-55-61(64)67-58-59(57-66-60(63)54-51-48-45-18-15-12-9-6-3)68-62(65)56-53-50-47-44-42-40-38-36-33-28-26-24-22-20-17-14-11-8-5-2/h8,11,17,20-21,23-24,26-27,29,33,36,40,42,59H,4-7,9-10,12-16,18-19,22,25,28,30-32,34-35,37-39,41,43-58H2,1-3H3/b11-8-,20-17-,23-21-,26-24-,29-27-,36-33-,42-40-. The zero-order chi connectivity index (χ0) is 49.3. The first-order chi connectivity index (χ1) is 33.5. The van der Waals surface area contributed by atoms with Crippen LogP contribution in [0.25, 0.3) is 0 Å². The smallest absolute Gasteiger partial charge is 0.306 e. The number of hydrogen-bond acceptors (Lipinski definition) is 6. The molecule has 0 aromatic heterocycles. The zero-order valence-electron chi connectivity index (χ0n) is 44.6. The minimum absolute atomic E-state index is 0.0896. The van der Waals surface area contributed by atoms with Gasteiger partial charge in [0.1, 0.15) is 13.2 Å². The molecule has 0 aromatic carbocycles. The molecular weight excluding hydrogens is 841 g/mol. The van der Waals surface area contributed by atoms with Crippen molar-refractivity contribution in [3.05, 3.63) is 85.1 Å². The molecule has 0 amide bonds. The van der Waals surface area contributed by atoms with Crippen LogP contribution in [0.3, 0.4) is 0 Å². The highest BCUT2D eigenvalue weighted by atomic mass is 16.6. The molecule has 0 fully saturated rings. The van der Waals surface area contributed by atoms with Gasteiger partial charge in [0.15, 0.2) is 6.10 Å². The van der Waals surface area contributed by atoms with E-state index < -0.39 is 6.10 Å². The number of carbonyl (C=O) groups is 3. The fraction of sp³-hybridized carbons (Fsp3) is 0.726. The highest BCUT2D eigenvalue weighted by Crippen LogP contribution is 2.15.